The van der Waals surface area contributed by atoms with Crippen LogP contribution in [0.15, 0.2) is 36.5 Å². The van der Waals surface area contributed by atoms with Crippen molar-refractivity contribution in [1.29, 1.82) is 0 Å². The average Bonchev–Trinajstić information content (AvgIpc) is 2.61. The van der Waals surface area contributed by atoms with Gasteiger partial charge in [0, 0.05) is 31.2 Å². The number of aromatic nitrogens is 1. The molecule has 1 unspecified atom stereocenters. The molecule has 4 heteroatoms. The van der Waals surface area contributed by atoms with E-state index in [1.165, 1.54) is 32.5 Å². The molecule has 1 atom stereocenters. The third-order valence-electron chi connectivity index (χ3n) is 5.14. The highest BCUT2D eigenvalue weighted by Gasteiger charge is 2.20. The number of nitrogens with zero attached hydrogens (tertiary/aromatic N) is 2. The Labute approximate surface area is 157 Å². The molecule has 0 aliphatic carbocycles. The zero-order valence-electron chi connectivity index (χ0n) is 16.1. The second-order valence-corrected chi connectivity index (χ2v) is 8.01. The predicted molar refractivity (Wildman–Crippen MR) is 107 cm³/mol. The van der Waals surface area contributed by atoms with Gasteiger partial charge in [-0.15, -0.1) is 0 Å². The van der Waals surface area contributed by atoms with E-state index in [1.807, 2.05) is 30.3 Å². The molecule has 1 aliphatic heterocycles. The van der Waals surface area contributed by atoms with Crippen molar-refractivity contribution < 1.29 is 4.79 Å². The average molecular weight is 354 g/mol. The van der Waals surface area contributed by atoms with Crippen molar-refractivity contribution in [1.82, 2.24) is 15.2 Å². The van der Waals surface area contributed by atoms with E-state index in [0.717, 1.165) is 35.3 Å². The molecule has 4 nitrogen and oxygen atoms in total. The maximum atomic E-state index is 12.3. The largest absolute Gasteiger partial charge is 0.356 e. The highest BCUT2D eigenvalue weighted by Crippen LogP contribution is 2.20. The van der Waals surface area contributed by atoms with Gasteiger partial charge in [-0.1, -0.05) is 32.0 Å². The van der Waals surface area contributed by atoms with E-state index in [-0.39, 0.29) is 5.91 Å². The van der Waals surface area contributed by atoms with Crippen molar-refractivity contribution in [3.63, 3.8) is 0 Å². The fourth-order valence-corrected chi connectivity index (χ4v) is 3.95. The van der Waals surface area contributed by atoms with Crippen LogP contribution in [0, 0.1) is 11.8 Å². The van der Waals surface area contributed by atoms with Crippen LogP contribution >= 0.6 is 0 Å². The van der Waals surface area contributed by atoms with E-state index in [0.29, 0.717) is 12.3 Å². The topological polar surface area (TPSA) is 45.2 Å². The minimum atomic E-state index is 0.107. The summed E-state index contributed by atoms with van der Waals surface area (Å²) in [6, 6.07) is 10.0. The normalized spacial score (nSPS) is 18.3. The second-order valence-electron chi connectivity index (χ2n) is 8.01. The Bertz CT molecular complexity index is 728. The van der Waals surface area contributed by atoms with E-state index < -0.39 is 0 Å². The standard InChI is InChI=1S/C22H31N3O/c1-17(2)15-25-12-4-5-18(16-25)9-11-24-22(26)14-19-7-8-20-6-3-10-23-21(20)13-19/h3,6-8,10,13,17-18H,4-5,9,11-12,14-16H2,1-2H3,(H,24,26). The molecular formula is C22H31N3O. The molecule has 26 heavy (non-hydrogen) atoms. The fourth-order valence-electron chi connectivity index (χ4n) is 3.95. The number of nitrogens with one attached hydrogen (secondary N) is 1. The lowest BCUT2D eigenvalue weighted by molar-refractivity contribution is -0.120. The molecule has 1 saturated heterocycles. The molecule has 140 valence electrons. The van der Waals surface area contributed by atoms with Gasteiger partial charge in [-0.25, -0.2) is 0 Å². The Kier molecular flexibility index (Phi) is 6.62. The van der Waals surface area contributed by atoms with Gasteiger partial charge in [-0.05, 0) is 55.3 Å². The fraction of sp³-hybridized carbons (Fsp3) is 0.545. The molecule has 1 aliphatic rings. The SMILES string of the molecule is CC(C)CN1CCCC(CCNC(=O)Cc2ccc3cccnc3c2)C1. The molecule has 0 saturated carbocycles. The van der Waals surface area contributed by atoms with Gasteiger partial charge in [0.2, 0.25) is 5.91 Å². The number of amides is 1. The van der Waals surface area contributed by atoms with Crippen LogP contribution in [0.1, 0.15) is 38.7 Å². The maximum Gasteiger partial charge on any atom is 0.224 e. The van der Waals surface area contributed by atoms with Crippen LogP contribution in [0.25, 0.3) is 10.9 Å². The van der Waals surface area contributed by atoms with E-state index in [9.17, 15) is 4.79 Å². The number of benzene rings is 1. The van der Waals surface area contributed by atoms with Crippen LogP contribution in [0.5, 0.6) is 0 Å². The zero-order chi connectivity index (χ0) is 18.4. The van der Waals surface area contributed by atoms with Crippen LogP contribution in [0.2, 0.25) is 0 Å². The van der Waals surface area contributed by atoms with E-state index in [1.54, 1.807) is 6.20 Å². The lowest BCUT2D eigenvalue weighted by Crippen LogP contribution is -2.39. The minimum absolute atomic E-state index is 0.107. The highest BCUT2D eigenvalue weighted by atomic mass is 16.1. The van der Waals surface area contributed by atoms with Crippen molar-refractivity contribution in [2.75, 3.05) is 26.2 Å². The molecule has 0 radical (unpaired) electrons. The number of rotatable bonds is 7. The van der Waals surface area contributed by atoms with Crippen molar-refractivity contribution >= 4 is 16.8 Å². The van der Waals surface area contributed by atoms with Gasteiger partial charge in [0.1, 0.15) is 0 Å². The van der Waals surface area contributed by atoms with Gasteiger partial charge < -0.3 is 10.2 Å². The molecule has 1 N–H and O–H groups in total. The first kappa shape index (κ1) is 18.8. The summed E-state index contributed by atoms with van der Waals surface area (Å²) in [6.07, 6.45) is 5.88. The number of pyridine rings is 1. The summed E-state index contributed by atoms with van der Waals surface area (Å²) in [5, 5.41) is 4.22. The van der Waals surface area contributed by atoms with Gasteiger partial charge >= 0.3 is 0 Å². The number of hydrogen-bond acceptors (Lipinski definition) is 3. The number of hydrogen-bond donors (Lipinski definition) is 1. The van der Waals surface area contributed by atoms with Crippen LogP contribution in [0.3, 0.4) is 0 Å². The van der Waals surface area contributed by atoms with E-state index >= 15 is 0 Å². The lowest BCUT2D eigenvalue weighted by atomic mass is 9.94. The van der Waals surface area contributed by atoms with Crippen LogP contribution in [-0.2, 0) is 11.2 Å². The lowest BCUT2D eigenvalue weighted by Gasteiger charge is -2.33. The zero-order valence-corrected chi connectivity index (χ0v) is 16.1. The molecule has 1 fully saturated rings. The molecule has 2 heterocycles. The van der Waals surface area contributed by atoms with Crippen molar-refractivity contribution in [2.24, 2.45) is 11.8 Å². The Morgan fingerprint density at radius 2 is 2.23 bits per heavy atom. The summed E-state index contributed by atoms with van der Waals surface area (Å²) >= 11 is 0. The Morgan fingerprint density at radius 3 is 3.08 bits per heavy atom. The monoisotopic (exact) mass is 353 g/mol. The molecule has 1 amide bonds. The van der Waals surface area contributed by atoms with Crippen molar-refractivity contribution in [2.45, 2.75) is 39.5 Å². The summed E-state index contributed by atoms with van der Waals surface area (Å²) in [5.41, 5.74) is 1.97. The third kappa shape index (κ3) is 5.53. The number of carbonyl (C=O) groups excluding carboxylic acids is 1. The maximum absolute atomic E-state index is 12.3. The summed E-state index contributed by atoms with van der Waals surface area (Å²) in [6.45, 7) is 8.96. The van der Waals surface area contributed by atoms with Gasteiger partial charge in [-0.3, -0.25) is 9.78 Å². The van der Waals surface area contributed by atoms with Crippen LogP contribution < -0.4 is 5.32 Å². The second kappa shape index (κ2) is 9.13. The van der Waals surface area contributed by atoms with E-state index in [2.05, 4.69) is 29.0 Å². The molecule has 3 rings (SSSR count). The number of fused-ring (bicyclic) bond motifs is 1. The number of likely N-dealkylation sites (tertiary alicyclic amines) is 1. The van der Waals surface area contributed by atoms with Gasteiger partial charge in [0.15, 0.2) is 0 Å². The van der Waals surface area contributed by atoms with Gasteiger partial charge in [-0.2, -0.15) is 0 Å². The first-order chi connectivity index (χ1) is 12.6. The summed E-state index contributed by atoms with van der Waals surface area (Å²) in [7, 11) is 0. The number of carbonyl (C=O) groups is 1. The first-order valence-electron chi connectivity index (χ1n) is 9.93. The van der Waals surface area contributed by atoms with Crippen LogP contribution in [0.4, 0.5) is 0 Å². The van der Waals surface area contributed by atoms with Crippen LogP contribution in [-0.4, -0.2) is 42.0 Å². The molecule has 1 aromatic heterocycles. The van der Waals surface area contributed by atoms with Gasteiger partial charge in [0.05, 0.1) is 11.9 Å². The molecular weight excluding hydrogens is 322 g/mol. The van der Waals surface area contributed by atoms with Crippen molar-refractivity contribution in [3.05, 3.63) is 42.1 Å². The first-order valence-corrected chi connectivity index (χ1v) is 9.93. The Balaban J connectivity index is 1.42. The summed E-state index contributed by atoms with van der Waals surface area (Å²) in [5.74, 6) is 1.55. The predicted octanol–water partition coefficient (Wildman–Crippen LogP) is 3.65. The van der Waals surface area contributed by atoms with Gasteiger partial charge in [0.25, 0.3) is 0 Å². The quantitative estimate of drug-likeness (QED) is 0.826. The Hall–Kier alpha value is -1.94. The summed E-state index contributed by atoms with van der Waals surface area (Å²) < 4.78 is 0. The number of piperidine rings is 1. The third-order valence-corrected chi connectivity index (χ3v) is 5.14. The molecule has 0 spiro atoms. The highest BCUT2D eigenvalue weighted by molar-refractivity contribution is 5.82. The smallest absolute Gasteiger partial charge is 0.224 e. The minimum Gasteiger partial charge on any atom is -0.356 e. The van der Waals surface area contributed by atoms with E-state index in [4.69, 9.17) is 0 Å². The Morgan fingerprint density at radius 1 is 1.35 bits per heavy atom. The summed E-state index contributed by atoms with van der Waals surface area (Å²) in [4.78, 5) is 19.2. The molecule has 0 bridgehead atoms. The molecule has 1 aromatic carbocycles. The van der Waals surface area contributed by atoms with Crippen molar-refractivity contribution in [3.8, 4) is 0 Å². The molecule has 2 aromatic rings.